The van der Waals surface area contributed by atoms with Gasteiger partial charge in [-0.05, 0) is 21.4 Å². The Kier molecular flexibility index (Phi) is 19.1. The number of hydrogen-bond acceptors (Lipinski definition) is 0. The summed E-state index contributed by atoms with van der Waals surface area (Å²) in [5, 5.41) is 2.32. The van der Waals surface area contributed by atoms with E-state index in [1.807, 2.05) is 13.3 Å². The monoisotopic (exact) mass is 906 g/mol. The van der Waals surface area contributed by atoms with Crippen LogP contribution in [0, 0.1) is 6.42 Å². The molecular weight excluding hydrogens is 853 g/mol. The summed E-state index contributed by atoms with van der Waals surface area (Å²) in [7, 11) is 4.39. The minimum absolute atomic E-state index is 0. The van der Waals surface area contributed by atoms with Crippen molar-refractivity contribution in [3.05, 3.63) is 195 Å². The molecule has 0 saturated heterocycles. The molecule has 7 aromatic rings. The van der Waals surface area contributed by atoms with Crippen LogP contribution in [-0.4, -0.2) is 10.3 Å². The summed E-state index contributed by atoms with van der Waals surface area (Å²) in [4.78, 5) is 0. The first kappa shape index (κ1) is 46.7. The summed E-state index contributed by atoms with van der Waals surface area (Å²) < 4.78 is 0. The molecule has 0 aliphatic rings. The second kappa shape index (κ2) is 22.9. The van der Waals surface area contributed by atoms with Gasteiger partial charge in [-0.2, -0.15) is 12.1 Å². The fourth-order valence-corrected chi connectivity index (χ4v) is 11.4. The first-order chi connectivity index (χ1) is 26.6. The fraction of sp³-hybridized carbons (Fsp3) is 0.173. The summed E-state index contributed by atoms with van der Waals surface area (Å²) in [5.41, 5.74) is 12.5. The predicted octanol–water partition coefficient (Wildman–Crippen LogP) is 15.9. The zero-order valence-corrected chi connectivity index (χ0v) is 37.9. The van der Waals surface area contributed by atoms with Gasteiger partial charge in [0.2, 0.25) is 0 Å². The molecule has 56 heavy (non-hydrogen) atoms. The van der Waals surface area contributed by atoms with Gasteiger partial charge in [0.05, 0.1) is 0 Å². The molecule has 0 fully saturated rings. The first-order valence-corrected chi connectivity index (χ1v) is 22.1. The number of halogens is 1. The number of hydrogen-bond donors (Lipinski definition) is 0. The van der Waals surface area contributed by atoms with Crippen molar-refractivity contribution >= 4 is 22.8 Å². The second-order valence-corrected chi connectivity index (χ2v) is 19.0. The van der Waals surface area contributed by atoms with E-state index in [1.54, 1.807) is 11.4 Å². The average Bonchev–Trinajstić information content (AvgIpc) is 3.86. The third-order valence-electron chi connectivity index (χ3n) is 9.04. The maximum Gasteiger partial charge on any atom is 2.00 e. The van der Waals surface area contributed by atoms with Crippen LogP contribution in [0.5, 0.6) is 0 Å². The van der Waals surface area contributed by atoms with Crippen molar-refractivity contribution in [3.63, 3.8) is 0 Å². The Morgan fingerprint density at radius 3 is 1.16 bits per heavy atom. The molecule has 4 heteroatoms. The van der Waals surface area contributed by atoms with Crippen LogP contribution < -0.4 is 5.30 Å². The van der Waals surface area contributed by atoms with Crippen molar-refractivity contribution in [2.45, 2.75) is 58.8 Å². The van der Waals surface area contributed by atoms with Crippen molar-refractivity contribution in [1.29, 1.82) is 0 Å². The predicted molar refractivity (Wildman–Crippen MR) is 243 cm³/mol. The summed E-state index contributed by atoms with van der Waals surface area (Å²) in [6.07, 6.45) is 3.64. The normalized spacial score (nSPS) is 10.7. The number of allylic oxidation sites excluding steroid dienone is 1. The van der Waals surface area contributed by atoms with Crippen LogP contribution in [0.2, 0.25) is 0 Å². The van der Waals surface area contributed by atoms with Gasteiger partial charge in [0, 0.05) is 0 Å². The van der Waals surface area contributed by atoms with E-state index in [-0.39, 0.29) is 25.0 Å². The van der Waals surface area contributed by atoms with Gasteiger partial charge in [-0.1, -0.05) is 246 Å². The second-order valence-electron chi connectivity index (χ2n) is 15.1. The van der Waals surface area contributed by atoms with Crippen LogP contribution in [0.15, 0.2) is 189 Å². The van der Waals surface area contributed by atoms with E-state index < -0.39 is 0 Å². The van der Waals surface area contributed by atoms with Crippen molar-refractivity contribution in [1.82, 2.24) is 0 Å². The van der Waals surface area contributed by atoms with Crippen molar-refractivity contribution in [3.8, 4) is 55.6 Å². The van der Waals surface area contributed by atoms with Gasteiger partial charge >= 0.3 is 44.8 Å². The van der Waals surface area contributed by atoms with E-state index in [2.05, 4.69) is 252 Å². The average molecular weight is 908 g/mol. The molecule has 0 aliphatic carbocycles. The molecular formula is C52H54ClFePPd. The van der Waals surface area contributed by atoms with Crippen molar-refractivity contribution in [2.75, 3.05) is 0 Å². The molecule has 0 radical (unpaired) electrons. The van der Waals surface area contributed by atoms with Gasteiger partial charge < -0.3 is 0 Å². The summed E-state index contributed by atoms with van der Waals surface area (Å²) in [5.74, 6) is 0. The minimum atomic E-state index is -0.101. The molecule has 292 valence electrons. The van der Waals surface area contributed by atoms with Gasteiger partial charge in [0.1, 0.15) is 0 Å². The molecule has 0 nitrogen and oxygen atoms in total. The van der Waals surface area contributed by atoms with Gasteiger partial charge in [-0.3, -0.25) is 0 Å². The molecule has 0 aromatic heterocycles. The van der Waals surface area contributed by atoms with E-state index >= 15 is 0 Å². The summed E-state index contributed by atoms with van der Waals surface area (Å²) in [6.45, 7) is 19.5. The standard InChI is InChI=1S/C35H25.C13H22P.C4H7.ClH.Fe.Pd/c1-6-16-26(17-7-1)31-32(27-18-8-2-9-19-27)34(29-22-12-4-13-23-29)35(30-24-14-5-15-25-30)33(31)28-20-10-3-11-21-28;1-12(2,3)14(13(4,5)6)11-9-7-8-10-11;1-3-4-2;;;/h1-25H;7-10H,1-6H3;3-4H,1H2,2H3;1H;;/q3*-1;;2*+2/p-1. The van der Waals surface area contributed by atoms with E-state index in [4.69, 9.17) is 0 Å². The molecule has 0 heterocycles. The van der Waals surface area contributed by atoms with Crippen LogP contribution in [0.1, 0.15) is 48.5 Å². The molecule has 0 aliphatic heterocycles. The maximum atomic E-state index is 4.49. The van der Waals surface area contributed by atoms with Crippen LogP contribution in [0.4, 0.5) is 0 Å². The smallest absolute Gasteiger partial charge is 0.0999 e. The third kappa shape index (κ3) is 12.2. The SMILES string of the molecule is C=C[CH-]C.CC(C)(C)P(c1ccc[cH-]1)C(C)(C)C.[Cl][Pd+].[Fe+2].c1ccc(-c2c(-c3ccccc3)c(-c3ccccc3)[c-](-c3ccccc3)c2-c2ccccc2)cc1. The van der Waals surface area contributed by atoms with Gasteiger partial charge in [-0.15, -0.1) is 12.2 Å². The Bertz CT molecular complexity index is 1800. The fourth-order valence-electron chi connectivity index (χ4n) is 7.39. The molecule has 0 amide bonds. The number of rotatable bonds is 7. The van der Waals surface area contributed by atoms with E-state index in [1.165, 1.54) is 55.6 Å². The summed E-state index contributed by atoms with van der Waals surface area (Å²) >= 11 is 2.22. The Labute approximate surface area is 364 Å². The molecule has 0 N–H and O–H groups in total. The van der Waals surface area contributed by atoms with Gasteiger partial charge in [-0.25, -0.2) is 31.2 Å². The van der Waals surface area contributed by atoms with Crippen LogP contribution >= 0.6 is 17.5 Å². The third-order valence-corrected chi connectivity index (χ3v) is 12.5. The maximum absolute atomic E-state index is 4.49. The molecule has 7 rings (SSSR count). The zero-order valence-electron chi connectivity index (χ0n) is 33.6. The van der Waals surface area contributed by atoms with Crippen molar-refractivity contribution in [2.24, 2.45) is 0 Å². The quantitative estimate of drug-likeness (QED) is 0.0849. The molecule has 0 bridgehead atoms. The van der Waals surface area contributed by atoms with Crippen molar-refractivity contribution < 1.29 is 35.2 Å². The largest absolute Gasteiger partial charge is 2.00 e. The molecule has 0 saturated carbocycles. The van der Waals surface area contributed by atoms with Crippen LogP contribution in [0.25, 0.3) is 55.6 Å². The minimum Gasteiger partial charge on any atom is -0.0999 e. The van der Waals surface area contributed by atoms with Crippen LogP contribution in [-0.2, 0) is 35.2 Å². The van der Waals surface area contributed by atoms with Gasteiger partial charge in [0.15, 0.2) is 0 Å². The Hall–Kier alpha value is -3.69. The van der Waals surface area contributed by atoms with Gasteiger partial charge in [0.25, 0.3) is 0 Å². The van der Waals surface area contributed by atoms with E-state index in [0.717, 1.165) is 0 Å². The van der Waals surface area contributed by atoms with E-state index in [0.29, 0.717) is 10.3 Å². The molecule has 0 spiro atoms. The van der Waals surface area contributed by atoms with Crippen LogP contribution in [0.3, 0.4) is 0 Å². The Morgan fingerprint density at radius 2 is 0.875 bits per heavy atom. The topological polar surface area (TPSA) is 0 Å². The van der Waals surface area contributed by atoms with E-state index in [9.17, 15) is 0 Å². The zero-order chi connectivity index (χ0) is 39.8. The Morgan fingerprint density at radius 1 is 0.554 bits per heavy atom. The Balaban J connectivity index is 0.000000336. The first-order valence-electron chi connectivity index (χ1n) is 18.7. The summed E-state index contributed by atoms with van der Waals surface area (Å²) in [6, 6.07) is 63.0. The number of benzene rings is 5. The molecule has 0 unspecified atom stereocenters. The molecule has 0 atom stereocenters. The molecule has 7 aromatic carbocycles.